The molecule has 17 heavy (non-hydrogen) atoms. The van der Waals surface area contributed by atoms with Crippen LogP contribution in [0.5, 0.6) is 5.75 Å². The maximum Gasteiger partial charge on any atom is 0.131 e. The summed E-state index contributed by atoms with van der Waals surface area (Å²) in [4.78, 5) is 4.29. The third kappa shape index (κ3) is 3.01. The van der Waals surface area contributed by atoms with Crippen molar-refractivity contribution < 1.29 is 9.13 Å². The minimum absolute atomic E-state index is 0.256. The molecule has 1 heterocycles. The number of halogens is 1. The van der Waals surface area contributed by atoms with Crippen LogP contribution in [0, 0.1) is 12.7 Å². The summed E-state index contributed by atoms with van der Waals surface area (Å²) < 4.78 is 18.5. The second-order valence-electron chi connectivity index (χ2n) is 3.64. The molecule has 2 N–H and O–H groups in total. The van der Waals surface area contributed by atoms with Gasteiger partial charge >= 0.3 is 0 Å². The molecule has 0 saturated heterocycles. The Hall–Kier alpha value is -1.46. The lowest BCUT2D eigenvalue weighted by Crippen LogP contribution is -1.99. The number of hydrogen-bond donors (Lipinski definition) is 1. The Labute approximate surface area is 103 Å². The Morgan fingerprint density at radius 3 is 2.94 bits per heavy atom. The van der Waals surface area contributed by atoms with Gasteiger partial charge in [0.2, 0.25) is 0 Å². The third-order valence-corrected chi connectivity index (χ3v) is 3.21. The lowest BCUT2D eigenvalue weighted by atomic mass is 10.2. The summed E-state index contributed by atoms with van der Waals surface area (Å²) in [6, 6.07) is 4.46. The molecule has 2 rings (SSSR count). The first-order valence-corrected chi connectivity index (χ1v) is 6.09. The van der Waals surface area contributed by atoms with E-state index in [1.165, 1.54) is 23.5 Å². The SMILES string of the molecule is Cc1cc(F)ccc1OCc1csc(CN)n1. The molecule has 0 aliphatic heterocycles. The van der Waals surface area contributed by atoms with Gasteiger partial charge in [-0.05, 0) is 30.7 Å². The van der Waals surface area contributed by atoms with Gasteiger partial charge in [-0.2, -0.15) is 0 Å². The Morgan fingerprint density at radius 2 is 2.29 bits per heavy atom. The highest BCUT2D eigenvalue weighted by molar-refractivity contribution is 7.09. The predicted octanol–water partition coefficient (Wildman–Crippen LogP) is 2.63. The normalized spacial score (nSPS) is 10.5. The fourth-order valence-electron chi connectivity index (χ4n) is 1.44. The number of nitrogens with zero attached hydrogens (tertiary/aromatic N) is 1. The number of ether oxygens (including phenoxy) is 1. The zero-order valence-corrected chi connectivity index (χ0v) is 10.3. The van der Waals surface area contributed by atoms with Gasteiger partial charge in [0.25, 0.3) is 0 Å². The highest BCUT2D eigenvalue weighted by atomic mass is 32.1. The molecule has 0 bridgehead atoms. The van der Waals surface area contributed by atoms with Crippen LogP contribution in [0.3, 0.4) is 0 Å². The van der Waals surface area contributed by atoms with E-state index in [4.69, 9.17) is 10.5 Å². The van der Waals surface area contributed by atoms with E-state index in [-0.39, 0.29) is 5.82 Å². The molecule has 3 nitrogen and oxygen atoms in total. The molecule has 0 unspecified atom stereocenters. The standard InChI is InChI=1S/C12H13FN2OS/c1-8-4-9(13)2-3-11(8)16-6-10-7-17-12(5-14)15-10/h2-4,7H,5-6,14H2,1H3. The summed E-state index contributed by atoms with van der Waals surface area (Å²) in [5, 5.41) is 2.81. The molecular weight excluding hydrogens is 239 g/mol. The number of aryl methyl sites for hydroxylation is 1. The van der Waals surface area contributed by atoms with Crippen LogP contribution >= 0.6 is 11.3 Å². The van der Waals surface area contributed by atoms with E-state index < -0.39 is 0 Å². The highest BCUT2D eigenvalue weighted by Crippen LogP contribution is 2.20. The molecule has 90 valence electrons. The summed E-state index contributed by atoms with van der Waals surface area (Å²) >= 11 is 1.52. The Morgan fingerprint density at radius 1 is 1.47 bits per heavy atom. The molecule has 0 aliphatic rings. The topological polar surface area (TPSA) is 48.1 Å². The van der Waals surface area contributed by atoms with Crippen molar-refractivity contribution in [3.63, 3.8) is 0 Å². The van der Waals surface area contributed by atoms with E-state index >= 15 is 0 Å². The van der Waals surface area contributed by atoms with E-state index in [2.05, 4.69) is 4.98 Å². The van der Waals surface area contributed by atoms with Gasteiger partial charge < -0.3 is 10.5 Å². The van der Waals surface area contributed by atoms with Crippen LogP contribution in [0.2, 0.25) is 0 Å². The lowest BCUT2D eigenvalue weighted by Gasteiger charge is -2.07. The highest BCUT2D eigenvalue weighted by Gasteiger charge is 2.04. The van der Waals surface area contributed by atoms with Crippen molar-refractivity contribution in [2.75, 3.05) is 0 Å². The van der Waals surface area contributed by atoms with Crippen molar-refractivity contribution in [1.29, 1.82) is 0 Å². The number of benzene rings is 1. The number of rotatable bonds is 4. The van der Waals surface area contributed by atoms with Crippen LogP contribution in [0.1, 0.15) is 16.3 Å². The Bertz CT molecular complexity index is 513. The quantitative estimate of drug-likeness (QED) is 0.910. The minimum atomic E-state index is -0.256. The van der Waals surface area contributed by atoms with Gasteiger partial charge in [-0.3, -0.25) is 0 Å². The molecule has 0 saturated carbocycles. The largest absolute Gasteiger partial charge is 0.487 e. The van der Waals surface area contributed by atoms with Crippen molar-refractivity contribution in [2.24, 2.45) is 5.73 Å². The zero-order chi connectivity index (χ0) is 12.3. The van der Waals surface area contributed by atoms with Gasteiger partial charge in [-0.1, -0.05) is 0 Å². The van der Waals surface area contributed by atoms with Crippen molar-refractivity contribution in [3.8, 4) is 5.75 Å². The van der Waals surface area contributed by atoms with Crippen molar-refractivity contribution in [2.45, 2.75) is 20.1 Å². The summed E-state index contributed by atoms with van der Waals surface area (Å²) in [5.41, 5.74) is 7.10. The molecule has 0 fully saturated rings. The Balaban J connectivity index is 2.02. The van der Waals surface area contributed by atoms with E-state index in [1.54, 1.807) is 6.07 Å². The van der Waals surface area contributed by atoms with Gasteiger partial charge in [0.05, 0.1) is 5.69 Å². The summed E-state index contributed by atoms with van der Waals surface area (Å²) in [6.45, 7) is 2.63. The summed E-state index contributed by atoms with van der Waals surface area (Å²) in [7, 11) is 0. The molecule has 0 aliphatic carbocycles. The fraction of sp³-hybridized carbons (Fsp3) is 0.250. The molecule has 1 aromatic heterocycles. The first-order valence-electron chi connectivity index (χ1n) is 5.21. The lowest BCUT2D eigenvalue weighted by molar-refractivity contribution is 0.299. The second-order valence-corrected chi connectivity index (χ2v) is 4.58. The van der Waals surface area contributed by atoms with E-state index in [0.29, 0.717) is 18.9 Å². The van der Waals surface area contributed by atoms with E-state index in [1.807, 2.05) is 12.3 Å². The molecule has 0 spiro atoms. The summed E-state index contributed by atoms with van der Waals surface area (Å²) in [6.07, 6.45) is 0. The predicted molar refractivity (Wildman–Crippen MR) is 65.5 cm³/mol. The molecule has 0 radical (unpaired) electrons. The molecule has 2 aromatic rings. The second kappa shape index (κ2) is 5.25. The summed E-state index contributed by atoms with van der Waals surface area (Å²) in [5.74, 6) is 0.419. The number of aromatic nitrogens is 1. The van der Waals surface area contributed by atoms with Crippen molar-refractivity contribution in [3.05, 3.63) is 45.7 Å². The smallest absolute Gasteiger partial charge is 0.131 e. The average Bonchev–Trinajstić information content (AvgIpc) is 2.76. The molecule has 1 aromatic carbocycles. The Kier molecular flexibility index (Phi) is 3.71. The van der Waals surface area contributed by atoms with Gasteiger partial charge in [0.15, 0.2) is 0 Å². The van der Waals surface area contributed by atoms with Crippen LogP contribution in [-0.4, -0.2) is 4.98 Å². The average molecular weight is 252 g/mol. The zero-order valence-electron chi connectivity index (χ0n) is 9.44. The minimum Gasteiger partial charge on any atom is -0.487 e. The number of hydrogen-bond acceptors (Lipinski definition) is 4. The van der Waals surface area contributed by atoms with Crippen LogP contribution in [0.15, 0.2) is 23.6 Å². The fourth-order valence-corrected chi connectivity index (χ4v) is 2.09. The van der Waals surface area contributed by atoms with Gasteiger partial charge in [-0.15, -0.1) is 11.3 Å². The van der Waals surface area contributed by atoms with Crippen LogP contribution in [-0.2, 0) is 13.2 Å². The maximum absolute atomic E-state index is 12.9. The number of thiazole rings is 1. The van der Waals surface area contributed by atoms with Gasteiger partial charge in [-0.25, -0.2) is 9.37 Å². The van der Waals surface area contributed by atoms with Crippen LogP contribution < -0.4 is 10.5 Å². The van der Waals surface area contributed by atoms with E-state index in [9.17, 15) is 4.39 Å². The first-order chi connectivity index (χ1) is 8.19. The van der Waals surface area contributed by atoms with Gasteiger partial charge in [0, 0.05) is 11.9 Å². The van der Waals surface area contributed by atoms with Crippen molar-refractivity contribution >= 4 is 11.3 Å². The maximum atomic E-state index is 12.9. The van der Waals surface area contributed by atoms with Crippen LogP contribution in [0.25, 0.3) is 0 Å². The third-order valence-electron chi connectivity index (χ3n) is 2.29. The molecular formula is C12H13FN2OS. The number of nitrogens with two attached hydrogens (primary N) is 1. The molecule has 0 amide bonds. The van der Waals surface area contributed by atoms with Gasteiger partial charge in [0.1, 0.15) is 23.2 Å². The molecule has 5 heteroatoms. The van der Waals surface area contributed by atoms with E-state index in [0.717, 1.165) is 16.3 Å². The molecule has 0 atom stereocenters. The van der Waals surface area contributed by atoms with Crippen LogP contribution in [0.4, 0.5) is 4.39 Å². The van der Waals surface area contributed by atoms with Crippen molar-refractivity contribution in [1.82, 2.24) is 4.98 Å². The first kappa shape index (κ1) is 12.0. The monoisotopic (exact) mass is 252 g/mol.